The second-order valence-corrected chi connectivity index (χ2v) is 5.89. The smallest absolute Gasteiger partial charge is 0.253 e. The Morgan fingerprint density at radius 3 is 2.58 bits per heavy atom. The van der Waals surface area contributed by atoms with Gasteiger partial charge in [0.2, 0.25) is 5.91 Å². The molecular weight excluding hydrogens is 328 g/mol. The molecule has 0 unspecified atom stereocenters. The average Bonchev–Trinajstić information content (AvgIpc) is 2.65. The Hall–Kier alpha value is -3.54. The van der Waals surface area contributed by atoms with Crippen LogP contribution in [-0.2, 0) is 4.79 Å². The van der Waals surface area contributed by atoms with Gasteiger partial charge in [-0.2, -0.15) is 0 Å². The van der Waals surface area contributed by atoms with Crippen LogP contribution in [0, 0.1) is 0 Å². The summed E-state index contributed by atoms with van der Waals surface area (Å²) >= 11 is 0. The molecule has 0 spiro atoms. The van der Waals surface area contributed by atoms with E-state index < -0.39 is 0 Å². The molecule has 0 saturated carbocycles. The fraction of sp³-hybridized carbons (Fsp3) is 0.100. The van der Waals surface area contributed by atoms with Crippen molar-refractivity contribution in [3.63, 3.8) is 0 Å². The van der Waals surface area contributed by atoms with Crippen molar-refractivity contribution in [3.05, 3.63) is 72.1 Å². The number of hydrogen-bond donors (Lipinski definition) is 1. The highest BCUT2D eigenvalue weighted by Crippen LogP contribution is 2.13. The summed E-state index contributed by atoms with van der Waals surface area (Å²) in [5, 5.41) is 2.74. The van der Waals surface area contributed by atoms with Gasteiger partial charge in [0, 0.05) is 31.4 Å². The van der Waals surface area contributed by atoms with Crippen LogP contribution in [0.1, 0.15) is 16.1 Å². The van der Waals surface area contributed by atoms with E-state index in [1.54, 1.807) is 50.6 Å². The number of anilines is 1. The van der Waals surface area contributed by atoms with Crippen LogP contribution in [0.5, 0.6) is 0 Å². The average molecular weight is 346 g/mol. The van der Waals surface area contributed by atoms with Crippen molar-refractivity contribution >= 4 is 34.6 Å². The predicted molar refractivity (Wildman–Crippen MR) is 102 cm³/mol. The molecule has 0 aliphatic carbocycles. The summed E-state index contributed by atoms with van der Waals surface area (Å²) in [5.41, 5.74) is 3.23. The van der Waals surface area contributed by atoms with Crippen LogP contribution < -0.4 is 5.32 Å². The maximum absolute atomic E-state index is 12.1. The zero-order chi connectivity index (χ0) is 18.5. The number of para-hydroxylation sites is 2. The minimum absolute atomic E-state index is 0.122. The number of benzene rings is 2. The van der Waals surface area contributed by atoms with Crippen LogP contribution in [0.3, 0.4) is 0 Å². The van der Waals surface area contributed by atoms with Gasteiger partial charge in [0.05, 0.1) is 22.9 Å². The van der Waals surface area contributed by atoms with E-state index in [-0.39, 0.29) is 11.8 Å². The Morgan fingerprint density at radius 2 is 1.81 bits per heavy atom. The van der Waals surface area contributed by atoms with Crippen LogP contribution in [0.25, 0.3) is 17.1 Å². The van der Waals surface area contributed by atoms with E-state index in [4.69, 9.17) is 0 Å². The lowest BCUT2D eigenvalue weighted by Gasteiger charge is -2.11. The van der Waals surface area contributed by atoms with Gasteiger partial charge in [0.25, 0.3) is 5.91 Å². The number of carbonyl (C=O) groups is 2. The molecule has 0 aliphatic heterocycles. The van der Waals surface area contributed by atoms with Gasteiger partial charge in [-0.15, -0.1) is 0 Å². The minimum Gasteiger partial charge on any atom is -0.345 e. The molecule has 0 saturated heterocycles. The first kappa shape index (κ1) is 17.3. The second kappa shape index (κ2) is 7.57. The molecular formula is C20H18N4O2. The molecule has 2 aromatic carbocycles. The molecule has 0 fully saturated rings. The second-order valence-electron chi connectivity index (χ2n) is 5.89. The van der Waals surface area contributed by atoms with E-state index in [1.165, 1.54) is 11.0 Å². The van der Waals surface area contributed by atoms with Gasteiger partial charge < -0.3 is 10.2 Å². The van der Waals surface area contributed by atoms with Gasteiger partial charge in [0.1, 0.15) is 0 Å². The zero-order valence-corrected chi connectivity index (χ0v) is 14.5. The van der Waals surface area contributed by atoms with Crippen molar-refractivity contribution in [2.75, 3.05) is 19.4 Å². The van der Waals surface area contributed by atoms with Crippen molar-refractivity contribution in [1.82, 2.24) is 14.9 Å². The van der Waals surface area contributed by atoms with Gasteiger partial charge in [-0.25, -0.2) is 4.98 Å². The molecule has 26 heavy (non-hydrogen) atoms. The summed E-state index contributed by atoms with van der Waals surface area (Å²) < 4.78 is 0. The van der Waals surface area contributed by atoms with Crippen molar-refractivity contribution in [2.45, 2.75) is 0 Å². The summed E-state index contributed by atoms with van der Waals surface area (Å²) in [6.45, 7) is 0. The van der Waals surface area contributed by atoms with Gasteiger partial charge in [-0.1, -0.05) is 18.2 Å². The fourth-order valence-electron chi connectivity index (χ4n) is 2.38. The van der Waals surface area contributed by atoms with E-state index in [0.717, 1.165) is 11.0 Å². The minimum atomic E-state index is -0.311. The van der Waals surface area contributed by atoms with E-state index in [9.17, 15) is 9.59 Å². The lowest BCUT2D eigenvalue weighted by atomic mass is 10.2. The van der Waals surface area contributed by atoms with Gasteiger partial charge in [-0.3, -0.25) is 14.6 Å². The van der Waals surface area contributed by atoms with Crippen molar-refractivity contribution < 1.29 is 9.59 Å². The van der Waals surface area contributed by atoms with Crippen LogP contribution >= 0.6 is 0 Å². The largest absolute Gasteiger partial charge is 0.345 e. The number of aromatic nitrogens is 2. The normalized spacial score (nSPS) is 10.8. The molecule has 1 heterocycles. The first-order chi connectivity index (χ1) is 12.5. The van der Waals surface area contributed by atoms with E-state index >= 15 is 0 Å². The van der Waals surface area contributed by atoms with Crippen molar-refractivity contribution in [1.29, 1.82) is 0 Å². The van der Waals surface area contributed by atoms with Gasteiger partial charge in [-0.05, 0) is 36.4 Å². The predicted octanol–water partition coefficient (Wildman–Crippen LogP) is 2.98. The molecule has 0 bridgehead atoms. The molecule has 1 aromatic heterocycles. The molecule has 130 valence electrons. The lowest BCUT2D eigenvalue weighted by molar-refractivity contribution is -0.111. The molecule has 6 heteroatoms. The molecule has 0 aliphatic rings. The molecule has 0 radical (unpaired) electrons. The standard InChI is InChI=1S/C20H18N4O2/c1-24(2)20(26)14-6-5-7-15(12-14)23-19(25)11-10-16-13-21-17-8-3-4-9-18(17)22-16/h3-13H,1-2H3,(H,23,25)/b11-10+. The third kappa shape index (κ3) is 4.10. The number of rotatable bonds is 4. The number of carbonyl (C=O) groups excluding carboxylic acids is 2. The van der Waals surface area contributed by atoms with E-state index in [0.29, 0.717) is 16.9 Å². The van der Waals surface area contributed by atoms with Crippen molar-refractivity contribution in [3.8, 4) is 0 Å². The lowest BCUT2D eigenvalue weighted by Crippen LogP contribution is -2.21. The number of nitrogens with zero attached hydrogens (tertiary/aromatic N) is 3. The first-order valence-electron chi connectivity index (χ1n) is 8.05. The maximum atomic E-state index is 12.1. The summed E-state index contributed by atoms with van der Waals surface area (Å²) in [6, 6.07) is 14.3. The number of amides is 2. The SMILES string of the molecule is CN(C)C(=O)c1cccc(NC(=O)/C=C/c2cnc3ccccc3n2)c1. The summed E-state index contributed by atoms with van der Waals surface area (Å²) in [4.78, 5) is 34.3. The fourth-order valence-corrected chi connectivity index (χ4v) is 2.38. The van der Waals surface area contributed by atoms with Crippen LogP contribution in [-0.4, -0.2) is 40.8 Å². The van der Waals surface area contributed by atoms with Crippen LogP contribution in [0.15, 0.2) is 60.8 Å². The molecule has 3 aromatic rings. The zero-order valence-electron chi connectivity index (χ0n) is 14.5. The molecule has 0 atom stereocenters. The van der Waals surface area contributed by atoms with Crippen LogP contribution in [0.4, 0.5) is 5.69 Å². The highest BCUT2D eigenvalue weighted by atomic mass is 16.2. The topological polar surface area (TPSA) is 75.2 Å². The maximum Gasteiger partial charge on any atom is 0.253 e. The molecule has 2 amide bonds. The Balaban J connectivity index is 1.71. The summed E-state index contributed by atoms with van der Waals surface area (Å²) in [7, 11) is 3.36. The number of fused-ring (bicyclic) bond motifs is 1. The first-order valence-corrected chi connectivity index (χ1v) is 8.05. The Bertz CT molecular complexity index is 996. The third-order valence-corrected chi connectivity index (χ3v) is 3.66. The van der Waals surface area contributed by atoms with E-state index in [1.807, 2.05) is 24.3 Å². The highest BCUT2D eigenvalue weighted by Gasteiger charge is 2.08. The van der Waals surface area contributed by atoms with E-state index in [2.05, 4.69) is 15.3 Å². The van der Waals surface area contributed by atoms with Crippen LogP contribution in [0.2, 0.25) is 0 Å². The molecule has 1 N–H and O–H groups in total. The van der Waals surface area contributed by atoms with Gasteiger partial charge in [0.15, 0.2) is 0 Å². The molecule has 3 rings (SSSR count). The van der Waals surface area contributed by atoms with Gasteiger partial charge >= 0.3 is 0 Å². The third-order valence-electron chi connectivity index (χ3n) is 3.66. The quantitative estimate of drug-likeness (QED) is 0.737. The highest BCUT2D eigenvalue weighted by molar-refractivity contribution is 6.03. The van der Waals surface area contributed by atoms with Crippen molar-refractivity contribution in [2.24, 2.45) is 0 Å². The summed E-state index contributed by atoms with van der Waals surface area (Å²) in [6.07, 6.45) is 4.60. The Kier molecular flexibility index (Phi) is 5.03. The Labute approximate surface area is 151 Å². The Morgan fingerprint density at radius 1 is 1.04 bits per heavy atom. The summed E-state index contributed by atoms with van der Waals surface area (Å²) in [5.74, 6) is -0.433. The molecule has 6 nitrogen and oxygen atoms in total. The number of hydrogen-bond acceptors (Lipinski definition) is 4. The number of nitrogens with one attached hydrogen (secondary N) is 1. The monoisotopic (exact) mass is 346 g/mol.